The zero-order valence-electron chi connectivity index (χ0n) is 12.2. The zero-order chi connectivity index (χ0) is 15.0. The summed E-state index contributed by atoms with van der Waals surface area (Å²) in [6.07, 6.45) is 2.15. The second kappa shape index (κ2) is 9.14. The van der Waals surface area contributed by atoms with Crippen LogP contribution in [0.5, 0.6) is 0 Å². The molecule has 0 aliphatic heterocycles. The number of carbonyl (C=O) groups excluding carboxylic acids is 1. The number of nitrogens with one attached hydrogen (secondary N) is 1. The minimum Gasteiger partial charge on any atom is -0.396 e. The molecule has 0 saturated carbocycles. The Labute approximate surface area is 129 Å². The van der Waals surface area contributed by atoms with Gasteiger partial charge in [-0.1, -0.05) is 48.0 Å². The van der Waals surface area contributed by atoms with Crippen LogP contribution >= 0.6 is 15.9 Å². The highest BCUT2D eigenvalue weighted by molar-refractivity contribution is 9.10. The molecule has 0 radical (unpaired) electrons. The molecule has 1 unspecified atom stereocenters. The largest absolute Gasteiger partial charge is 0.396 e. The summed E-state index contributed by atoms with van der Waals surface area (Å²) in [6.45, 7) is 5.14. The molecule has 0 bridgehead atoms. The van der Waals surface area contributed by atoms with Crippen molar-refractivity contribution >= 4 is 21.8 Å². The molecule has 1 amide bonds. The van der Waals surface area contributed by atoms with Crippen molar-refractivity contribution in [2.75, 3.05) is 13.2 Å². The lowest BCUT2D eigenvalue weighted by Crippen LogP contribution is -2.31. The van der Waals surface area contributed by atoms with E-state index in [-0.39, 0.29) is 12.5 Å². The Morgan fingerprint density at radius 3 is 2.65 bits per heavy atom. The Kier molecular flexibility index (Phi) is 7.85. The van der Waals surface area contributed by atoms with E-state index in [0.29, 0.717) is 24.8 Å². The topological polar surface area (TPSA) is 49.3 Å². The Hall–Kier alpha value is -0.870. The molecule has 0 aliphatic rings. The molecule has 1 atom stereocenters. The lowest BCUT2D eigenvalue weighted by atomic mass is 9.94. The molecule has 0 aromatic heterocycles. The van der Waals surface area contributed by atoms with Crippen molar-refractivity contribution in [2.24, 2.45) is 11.8 Å². The van der Waals surface area contributed by atoms with Gasteiger partial charge in [0.2, 0.25) is 5.91 Å². The maximum absolute atomic E-state index is 12.0. The molecular weight excluding hydrogens is 318 g/mol. The summed E-state index contributed by atoms with van der Waals surface area (Å²) in [5.74, 6) is 0.957. The molecule has 2 N–H and O–H groups in total. The van der Waals surface area contributed by atoms with Gasteiger partial charge in [-0.2, -0.15) is 0 Å². The first-order chi connectivity index (χ1) is 9.52. The van der Waals surface area contributed by atoms with Crippen LogP contribution in [-0.2, 0) is 11.2 Å². The van der Waals surface area contributed by atoms with E-state index in [1.54, 1.807) is 0 Å². The molecule has 112 valence electrons. The Morgan fingerprint density at radius 1 is 1.35 bits per heavy atom. The average molecular weight is 342 g/mol. The van der Waals surface area contributed by atoms with E-state index in [1.807, 2.05) is 24.3 Å². The third-order valence-corrected chi connectivity index (χ3v) is 4.01. The van der Waals surface area contributed by atoms with Crippen LogP contribution in [0.2, 0.25) is 0 Å². The highest BCUT2D eigenvalue weighted by atomic mass is 79.9. The van der Waals surface area contributed by atoms with Gasteiger partial charge < -0.3 is 10.4 Å². The standard InChI is InChI=1S/C16H24BrNO2/c1-12(2)9-13(7-8-19)11-18-16(20)10-14-5-3-4-6-15(14)17/h3-6,12-13,19H,7-11H2,1-2H3,(H,18,20). The fourth-order valence-corrected chi connectivity index (χ4v) is 2.71. The predicted octanol–water partition coefficient (Wildman–Crippen LogP) is 3.15. The number of benzene rings is 1. The van der Waals surface area contributed by atoms with Gasteiger partial charge in [0.25, 0.3) is 0 Å². The van der Waals surface area contributed by atoms with Gasteiger partial charge in [0.1, 0.15) is 0 Å². The second-order valence-electron chi connectivity index (χ2n) is 5.58. The molecule has 20 heavy (non-hydrogen) atoms. The third kappa shape index (κ3) is 6.53. The SMILES string of the molecule is CC(C)CC(CCO)CNC(=O)Cc1ccccc1Br. The van der Waals surface area contributed by atoms with Gasteiger partial charge >= 0.3 is 0 Å². The number of aliphatic hydroxyl groups excluding tert-OH is 1. The van der Waals surface area contributed by atoms with Gasteiger partial charge in [-0.15, -0.1) is 0 Å². The van der Waals surface area contributed by atoms with Crippen LogP contribution in [0.4, 0.5) is 0 Å². The number of halogens is 1. The van der Waals surface area contributed by atoms with Crippen LogP contribution in [-0.4, -0.2) is 24.2 Å². The van der Waals surface area contributed by atoms with Crippen molar-refractivity contribution in [1.29, 1.82) is 0 Å². The van der Waals surface area contributed by atoms with Crippen LogP contribution in [0.1, 0.15) is 32.3 Å². The first-order valence-corrected chi connectivity index (χ1v) is 7.93. The Balaban J connectivity index is 2.43. The predicted molar refractivity (Wildman–Crippen MR) is 85.5 cm³/mol. The quantitative estimate of drug-likeness (QED) is 0.762. The van der Waals surface area contributed by atoms with E-state index in [4.69, 9.17) is 5.11 Å². The Morgan fingerprint density at radius 2 is 2.05 bits per heavy atom. The normalized spacial score (nSPS) is 12.4. The summed E-state index contributed by atoms with van der Waals surface area (Å²) >= 11 is 3.45. The van der Waals surface area contributed by atoms with Crippen molar-refractivity contribution in [1.82, 2.24) is 5.32 Å². The average Bonchev–Trinajstić information content (AvgIpc) is 2.38. The lowest BCUT2D eigenvalue weighted by molar-refractivity contribution is -0.120. The third-order valence-electron chi connectivity index (χ3n) is 3.24. The molecule has 0 fully saturated rings. The van der Waals surface area contributed by atoms with Crippen LogP contribution in [0.3, 0.4) is 0 Å². The molecular formula is C16H24BrNO2. The van der Waals surface area contributed by atoms with Crippen LogP contribution in [0.25, 0.3) is 0 Å². The van der Waals surface area contributed by atoms with E-state index < -0.39 is 0 Å². The second-order valence-corrected chi connectivity index (χ2v) is 6.43. The number of hydrogen-bond donors (Lipinski definition) is 2. The van der Waals surface area contributed by atoms with Crippen LogP contribution in [0.15, 0.2) is 28.7 Å². The Bertz CT molecular complexity index is 421. The molecule has 1 aromatic carbocycles. The summed E-state index contributed by atoms with van der Waals surface area (Å²) in [7, 11) is 0. The maximum atomic E-state index is 12.0. The summed E-state index contributed by atoms with van der Waals surface area (Å²) in [4.78, 5) is 12.0. The molecule has 4 heteroatoms. The van der Waals surface area contributed by atoms with E-state index in [0.717, 1.165) is 22.9 Å². The van der Waals surface area contributed by atoms with Gasteiger partial charge in [0.15, 0.2) is 0 Å². The van der Waals surface area contributed by atoms with Crippen LogP contribution < -0.4 is 5.32 Å². The number of aliphatic hydroxyl groups is 1. The van der Waals surface area contributed by atoms with Gasteiger partial charge in [-0.3, -0.25) is 4.79 Å². The molecule has 1 aromatic rings. The summed E-state index contributed by atoms with van der Waals surface area (Å²) < 4.78 is 0.962. The monoisotopic (exact) mass is 341 g/mol. The maximum Gasteiger partial charge on any atom is 0.224 e. The summed E-state index contributed by atoms with van der Waals surface area (Å²) in [5.41, 5.74) is 0.993. The molecule has 0 aliphatic carbocycles. The van der Waals surface area contributed by atoms with E-state index in [2.05, 4.69) is 35.1 Å². The zero-order valence-corrected chi connectivity index (χ0v) is 13.8. The fraction of sp³-hybridized carbons (Fsp3) is 0.562. The van der Waals surface area contributed by atoms with Gasteiger partial charge in [-0.25, -0.2) is 0 Å². The number of rotatable bonds is 8. The first kappa shape index (κ1) is 17.2. The lowest BCUT2D eigenvalue weighted by Gasteiger charge is -2.18. The minimum absolute atomic E-state index is 0.0311. The van der Waals surface area contributed by atoms with Gasteiger partial charge in [-0.05, 0) is 36.3 Å². The van der Waals surface area contributed by atoms with E-state index in [9.17, 15) is 4.79 Å². The van der Waals surface area contributed by atoms with Crippen LogP contribution in [0, 0.1) is 11.8 Å². The van der Waals surface area contributed by atoms with E-state index >= 15 is 0 Å². The molecule has 1 rings (SSSR count). The van der Waals surface area contributed by atoms with Crippen molar-refractivity contribution in [2.45, 2.75) is 33.1 Å². The molecule has 0 saturated heterocycles. The highest BCUT2D eigenvalue weighted by Gasteiger charge is 2.13. The smallest absolute Gasteiger partial charge is 0.224 e. The molecule has 3 nitrogen and oxygen atoms in total. The first-order valence-electron chi connectivity index (χ1n) is 7.14. The van der Waals surface area contributed by atoms with Crippen molar-refractivity contribution < 1.29 is 9.90 Å². The highest BCUT2D eigenvalue weighted by Crippen LogP contribution is 2.17. The van der Waals surface area contributed by atoms with Gasteiger partial charge in [0, 0.05) is 17.6 Å². The van der Waals surface area contributed by atoms with Crippen molar-refractivity contribution in [3.05, 3.63) is 34.3 Å². The minimum atomic E-state index is 0.0311. The van der Waals surface area contributed by atoms with Crippen molar-refractivity contribution in [3.63, 3.8) is 0 Å². The number of carbonyl (C=O) groups is 1. The summed E-state index contributed by atoms with van der Waals surface area (Å²) in [6, 6.07) is 7.75. The van der Waals surface area contributed by atoms with Gasteiger partial charge in [0.05, 0.1) is 6.42 Å². The molecule has 0 heterocycles. The number of hydrogen-bond acceptors (Lipinski definition) is 2. The molecule has 0 spiro atoms. The summed E-state index contributed by atoms with van der Waals surface area (Å²) in [5, 5.41) is 12.0. The van der Waals surface area contributed by atoms with E-state index in [1.165, 1.54) is 0 Å². The fourth-order valence-electron chi connectivity index (χ4n) is 2.29. The number of amides is 1. The van der Waals surface area contributed by atoms with Crippen molar-refractivity contribution in [3.8, 4) is 0 Å².